The minimum Gasteiger partial charge on any atom is -0.394 e. The third-order valence-electron chi connectivity index (χ3n) is 13.0. The summed E-state index contributed by atoms with van der Waals surface area (Å²) in [5, 5.41) is 51.5. The minimum absolute atomic E-state index is 0.00884. The topological polar surface area (TPSA) is 146 Å². The van der Waals surface area contributed by atoms with Crippen molar-refractivity contribution in [2.24, 2.45) is 46.3 Å². The van der Waals surface area contributed by atoms with Crippen LogP contribution in [-0.4, -0.2) is 87.1 Å². The van der Waals surface area contributed by atoms with Crippen molar-refractivity contribution in [3.63, 3.8) is 0 Å². The van der Waals surface area contributed by atoms with Crippen LogP contribution in [0.4, 0.5) is 0 Å². The SMILES string of the molecule is C[C@H](CCC1(O)O[C@H]2C[C@H]3[C@@H]4CCC5=CC(=O)CC[C@]5(C)[C@H]4CC[C@]3(C)[C@H]2[C@@H]1C)CO[C@@H]1O[C@H](CO)[C@@H](O)[C@H](O)[C@H]1O. The highest BCUT2D eigenvalue weighted by atomic mass is 16.7. The molecule has 0 radical (unpaired) electrons. The molecule has 6 rings (SSSR count). The van der Waals surface area contributed by atoms with Crippen LogP contribution in [0.25, 0.3) is 0 Å². The van der Waals surface area contributed by atoms with E-state index >= 15 is 0 Å². The molecule has 9 nitrogen and oxygen atoms in total. The number of fused-ring (bicyclic) bond motifs is 7. The summed E-state index contributed by atoms with van der Waals surface area (Å²) < 4.78 is 17.8. The second kappa shape index (κ2) is 11.2. The van der Waals surface area contributed by atoms with Gasteiger partial charge in [-0.15, -0.1) is 0 Å². The molecule has 5 fully saturated rings. The number of carbonyl (C=O) groups excluding carboxylic acids is 1. The molecule has 0 aromatic carbocycles. The molecule has 238 valence electrons. The molecule has 2 saturated heterocycles. The van der Waals surface area contributed by atoms with Gasteiger partial charge in [-0.25, -0.2) is 0 Å². The van der Waals surface area contributed by atoms with Crippen molar-refractivity contribution < 1.29 is 44.5 Å². The Bertz CT molecular complexity index is 1060. The normalized spacial score (nSPS) is 52.6. The lowest BCUT2D eigenvalue weighted by atomic mass is 9.46. The van der Waals surface area contributed by atoms with Gasteiger partial charge in [0.15, 0.2) is 17.9 Å². The summed E-state index contributed by atoms with van der Waals surface area (Å²) >= 11 is 0. The number of aliphatic hydroxyl groups is 5. The van der Waals surface area contributed by atoms with E-state index in [1.54, 1.807) is 0 Å². The summed E-state index contributed by atoms with van der Waals surface area (Å²) in [7, 11) is 0. The highest BCUT2D eigenvalue weighted by Crippen LogP contribution is 2.70. The first-order valence-electron chi connectivity index (χ1n) is 16.4. The summed E-state index contributed by atoms with van der Waals surface area (Å²) in [5.41, 5.74) is 1.68. The fourth-order valence-electron chi connectivity index (χ4n) is 10.5. The van der Waals surface area contributed by atoms with Gasteiger partial charge in [0.05, 0.1) is 19.3 Å². The summed E-state index contributed by atoms with van der Waals surface area (Å²) in [4.78, 5) is 12.2. The Morgan fingerprint density at radius 1 is 1.07 bits per heavy atom. The molecule has 0 bridgehead atoms. The van der Waals surface area contributed by atoms with Gasteiger partial charge in [-0.1, -0.05) is 33.3 Å². The first-order valence-corrected chi connectivity index (χ1v) is 16.4. The van der Waals surface area contributed by atoms with Gasteiger partial charge in [-0.05, 0) is 91.4 Å². The van der Waals surface area contributed by atoms with Crippen LogP contribution in [0.5, 0.6) is 0 Å². The molecule has 0 aromatic rings. The molecule has 9 heteroatoms. The van der Waals surface area contributed by atoms with Crippen molar-refractivity contribution >= 4 is 5.78 Å². The van der Waals surface area contributed by atoms with E-state index in [2.05, 4.69) is 20.8 Å². The Morgan fingerprint density at radius 2 is 1.83 bits per heavy atom. The van der Waals surface area contributed by atoms with Crippen molar-refractivity contribution in [2.45, 2.75) is 128 Å². The predicted molar refractivity (Wildman–Crippen MR) is 153 cm³/mol. The van der Waals surface area contributed by atoms with Gasteiger partial charge in [0, 0.05) is 18.8 Å². The van der Waals surface area contributed by atoms with E-state index in [-0.39, 0.29) is 35.4 Å². The van der Waals surface area contributed by atoms with E-state index in [1.165, 1.54) is 12.0 Å². The molecule has 2 aliphatic heterocycles. The Kier molecular flexibility index (Phi) is 8.26. The molecule has 4 aliphatic carbocycles. The van der Waals surface area contributed by atoms with Gasteiger partial charge < -0.3 is 39.7 Å². The largest absolute Gasteiger partial charge is 0.394 e. The average Bonchev–Trinajstić information content (AvgIpc) is 3.39. The quantitative estimate of drug-likeness (QED) is 0.301. The van der Waals surface area contributed by atoms with E-state index in [0.717, 1.165) is 32.1 Å². The van der Waals surface area contributed by atoms with Crippen LogP contribution < -0.4 is 0 Å². The molecule has 0 spiro atoms. The molecule has 0 amide bonds. The molecule has 0 aromatic heterocycles. The summed E-state index contributed by atoms with van der Waals surface area (Å²) in [6.07, 6.45) is 3.87. The van der Waals surface area contributed by atoms with Crippen LogP contribution in [0.3, 0.4) is 0 Å². The van der Waals surface area contributed by atoms with Crippen molar-refractivity contribution in [3.05, 3.63) is 11.6 Å². The van der Waals surface area contributed by atoms with E-state index in [9.17, 15) is 30.3 Å². The first kappa shape index (κ1) is 31.1. The van der Waals surface area contributed by atoms with Crippen LogP contribution in [0.15, 0.2) is 11.6 Å². The third kappa shape index (κ3) is 4.85. The Balaban J connectivity index is 1.06. The predicted octanol–water partition coefficient (Wildman–Crippen LogP) is 2.70. The standard InChI is InChI=1S/C33H52O9/c1-17(16-40-30-29(38)28(37)27(36)25(15-34)41-30)7-12-33(39)18(2)26-24(42-33)14-23-21-6-5-19-13-20(35)8-10-31(19,3)22(21)9-11-32(23,26)4/h13,17-18,21-30,34,36-39H,5-12,14-16H2,1-4H3/t17-,18+,21-,22+,23+,24+,25-,26+,27-,28+,29-,30-,31+,32+,33?/m1/s1. The van der Waals surface area contributed by atoms with Gasteiger partial charge in [-0.3, -0.25) is 4.79 Å². The highest BCUT2D eigenvalue weighted by Gasteiger charge is 2.67. The van der Waals surface area contributed by atoms with Crippen molar-refractivity contribution in [2.75, 3.05) is 13.2 Å². The van der Waals surface area contributed by atoms with Crippen molar-refractivity contribution in [1.29, 1.82) is 0 Å². The average molecular weight is 593 g/mol. The van der Waals surface area contributed by atoms with E-state index in [1.807, 2.05) is 13.0 Å². The van der Waals surface area contributed by atoms with Crippen LogP contribution in [-0.2, 0) is 19.0 Å². The number of hydrogen-bond acceptors (Lipinski definition) is 9. The Morgan fingerprint density at radius 3 is 2.57 bits per heavy atom. The molecule has 2 heterocycles. The molecular weight excluding hydrogens is 540 g/mol. The smallest absolute Gasteiger partial charge is 0.186 e. The summed E-state index contributed by atoms with van der Waals surface area (Å²) in [6.45, 7) is 8.77. The van der Waals surface area contributed by atoms with E-state index in [4.69, 9.17) is 14.2 Å². The van der Waals surface area contributed by atoms with Crippen LogP contribution >= 0.6 is 0 Å². The molecule has 1 unspecified atom stereocenters. The highest BCUT2D eigenvalue weighted by molar-refractivity contribution is 5.91. The number of ketones is 1. The van der Waals surface area contributed by atoms with Crippen molar-refractivity contribution in [1.82, 2.24) is 0 Å². The lowest BCUT2D eigenvalue weighted by Crippen LogP contribution is -2.59. The maximum Gasteiger partial charge on any atom is 0.186 e. The van der Waals surface area contributed by atoms with E-state index < -0.39 is 43.1 Å². The summed E-state index contributed by atoms with van der Waals surface area (Å²) in [6, 6.07) is 0. The van der Waals surface area contributed by atoms with Gasteiger partial charge >= 0.3 is 0 Å². The number of hydrogen-bond donors (Lipinski definition) is 5. The van der Waals surface area contributed by atoms with Crippen LogP contribution in [0.2, 0.25) is 0 Å². The van der Waals surface area contributed by atoms with Crippen LogP contribution in [0.1, 0.15) is 85.5 Å². The van der Waals surface area contributed by atoms with E-state index in [0.29, 0.717) is 48.7 Å². The number of aliphatic hydroxyl groups excluding tert-OH is 4. The lowest BCUT2D eigenvalue weighted by molar-refractivity contribution is -0.303. The summed E-state index contributed by atoms with van der Waals surface area (Å²) in [5.74, 6) is 1.29. The van der Waals surface area contributed by atoms with Gasteiger partial charge in [0.2, 0.25) is 0 Å². The Labute approximate surface area is 249 Å². The van der Waals surface area contributed by atoms with Crippen LogP contribution in [0, 0.1) is 46.3 Å². The first-order chi connectivity index (χ1) is 19.8. The zero-order valence-electron chi connectivity index (χ0n) is 25.7. The zero-order valence-corrected chi connectivity index (χ0v) is 25.7. The Hall–Kier alpha value is -0.910. The number of carbonyl (C=O) groups is 1. The monoisotopic (exact) mass is 592 g/mol. The second-order valence-corrected chi connectivity index (χ2v) is 15.2. The molecule has 42 heavy (non-hydrogen) atoms. The van der Waals surface area contributed by atoms with Gasteiger partial charge in [0.25, 0.3) is 0 Å². The van der Waals surface area contributed by atoms with Crippen molar-refractivity contribution in [3.8, 4) is 0 Å². The minimum atomic E-state index is -1.47. The maximum atomic E-state index is 12.2. The molecular formula is C33H52O9. The molecule has 15 atom stereocenters. The zero-order chi connectivity index (χ0) is 30.2. The fourth-order valence-corrected chi connectivity index (χ4v) is 10.5. The lowest BCUT2D eigenvalue weighted by Gasteiger charge is -2.58. The number of ether oxygens (including phenoxy) is 3. The number of rotatable bonds is 7. The molecule has 6 aliphatic rings. The third-order valence-corrected chi connectivity index (χ3v) is 13.0. The fraction of sp³-hybridized carbons (Fsp3) is 0.909. The number of allylic oxidation sites excluding steroid dienone is 1. The van der Waals surface area contributed by atoms with Gasteiger partial charge in [0.1, 0.15) is 24.4 Å². The maximum absolute atomic E-state index is 12.2. The van der Waals surface area contributed by atoms with Gasteiger partial charge in [-0.2, -0.15) is 0 Å². The molecule has 5 N–H and O–H groups in total. The second-order valence-electron chi connectivity index (χ2n) is 15.2. The molecule has 3 saturated carbocycles.